The molecule has 0 bridgehead atoms. The number of hydrogen-bond acceptors (Lipinski definition) is 3. The molecule has 1 atom stereocenters. The summed E-state index contributed by atoms with van der Waals surface area (Å²) >= 11 is 0. The van der Waals surface area contributed by atoms with E-state index in [4.69, 9.17) is 10.4 Å². The molecular formula is C14H16FN3O3. The van der Waals surface area contributed by atoms with Crippen LogP contribution in [0.3, 0.4) is 0 Å². The Hall–Kier alpha value is -2.62. The predicted octanol–water partition coefficient (Wildman–Crippen LogP) is 2.46. The first kappa shape index (κ1) is 16.4. The number of carbonyl (C=O) groups is 2. The zero-order valence-electron chi connectivity index (χ0n) is 11.5. The Morgan fingerprint density at radius 1 is 1.48 bits per heavy atom. The number of carboxylic acids is 1. The van der Waals surface area contributed by atoms with Crippen molar-refractivity contribution < 1.29 is 19.1 Å². The summed E-state index contributed by atoms with van der Waals surface area (Å²) in [6, 6.07) is 3.64. The highest BCUT2D eigenvalue weighted by molar-refractivity contribution is 5.93. The number of rotatable bonds is 6. The molecule has 112 valence electrons. The molecule has 1 aromatic rings. The Balaban J connectivity index is 2.75. The number of nitrogens with one attached hydrogen (secondary N) is 2. The van der Waals surface area contributed by atoms with Gasteiger partial charge in [0, 0.05) is 0 Å². The summed E-state index contributed by atoms with van der Waals surface area (Å²) < 4.78 is 13.4. The van der Waals surface area contributed by atoms with E-state index in [-0.39, 0.29) is 11.3 Å². The summed E-state index contributed by atoms with van der Waals surface area (Å²) in [7, 11) is 0. The number of carboxylic acid groups (broad SMARTS) is 1. The number of carbonyl (C=O) groups excluding carboxylic acids is 1. The quantitative estimate of drug-likeness (QED) is 0.749. The highest BCUT2D eigenvalue weighted by Gasteiger charge is 2.20. The lowest BCUT2D eigenvalue weighted by molar-refractivity contribution is -0.139. The average molecular weight is 293 g/mol. The van der Waals surface area contributed by atoms with E-state index in [1.807, 2.05) is 6.92 Å². The van der Waals surface area contributed by atoms with E-state index in [2.05, 4.69) is 10.6 Å². The zero-order chi connectivity index (χ0) is 15.8. The van der Waals surface area contributed by atoms with Crippen LogP contribution < -0.4 is 10.6 Å². The summed E-state index contributed by atoms with van der Waals surface area (Å²) in [5.41, 5.74) is -0.303. The minimum Gasteiger partial charge on any atom is -0.480 e. The number of anilines is 1. The Kier molecular flexibility index (Phi) is 6.14. The van der Waals surface area contributed by atoms with Crippen LogP contribution in [0, 0.1) is 17.1 Å². The molecule has 1 aromatic carbocycles. The minimum absolute atomic E-state index is 0.00497. The molecule has 0 aromatic heterocycles. The van der Waals surface area contributed by atoms with Gasteiger partial charge in [-0.05, 0) is 18.6 Å². The standard InChI is InChI=1S/C14H16FN3O3/c1-2-3-6-12(13(19)20)18-14(21)17-11-7-4-5-10(15)9(11)8-16/h4-5,7,12H,2-3,6H2,1H3,(H,19,20)(H2,17,18,21). The molecule has 2 amide bonds. The van der Waals surface area contributed by atoms with Crippen molar-refractivity contribution in [3.05, 3.63) is 29.6 Å². The van der Waals surface area contributed by atoms with Crippen molar-refractivity contribution in [2.45, 2.75) is 32.2 Å². The number of halogens is 1. The van der Waals surface area contributed by atoms with Crippen molar-refractivity contribution in [2.24, 2.45) is 0 Å². The van der Waals surface area contributed by atoms with Gasteiger partial charge in [-0.3, -0.25) is 0 Å². The molecule has 0 aliphatic carbocycles. The molecule has 1 unspecified atom stereocenters. The summed E-state index contributed by atoms with van der Waals surface area (Å²) in [5, 5.41) is 22.4. The smallest absolute Gasteiger partial charge is 0.326 e. The monoisotopic (exact) mass is 293 g/mol. The van der Waals surface area contributed by atoms with Gasteiger partial charge in [-0.15, -0.1) is 0 Å². The first-order valence-corrected chi connectivity index (χ1v) is 6.48. The van der Waals surface area contributed by atoms with Gasteiger partial charge in [-0.2, -0.15) is 5.26 Å². The Bertz CT molecular complexity index is 569. The van der Waals surface area contributed by atoms with Gasteiger partial charge in [0.15, 0.2) is 0 Å². The van der Waals surface area contributed by atoms with Crippen LogP contribution in [0.15, 0.2) is 18.2 Å². The lowest BCUT2D eigenvalue weighted by Gasteiger charge is -2.15. The Labute approximate surface area is 121 Å². The Morgan fingerprint density at radius 3 is 2.76 bits per heavy atom. The second-order valence-electron chi connectivity index (χ2n) is 4.41. The number of hydrogen-bond donors (Lipinski definition) is 3. The number of aliphatic carboxylic acids is 1. The van der Waals surface area contributed by atoms with E-state index in [0.29, 0.717) is 12.8 Å². The van der Waals surface area contributed by atoms with Crippen molar-refractivity contribution in [3.8, 4) is 6.07 Å². The van der Waals surface area contributed by atoms with Crippen molar-refractivity contribution in [3.63, 3.8) is 0 Å². The topological polar surface area (TPSA) is 102 Å². The molecule has 1 rings (SSSR count). The third kappa shape index (κ3) is 4.76. The van der Waals surface area contributed by atoms with Crippen LogP contribution in [-0.2, 0) is 4.79 Å². The van der Waals surface area contributed by atoms with Crippen molar-refractivity contribution >= 4 is 17.7 Å². The highest BCUT2D eigenvalue weighted by Crippen LogP contribution is 2.17. The van der Waals surface area contributed by atoms with Gasteiger partial charge in [0.05, 0.1) is 5.69 Å². The Morgan fingerprint density at radius 2 is 2.19 bits per heavy atom. The largest absolute Gasteiger partial charge is 0.480 e. The lowest BCUT2D eigenvalue weighted by atomic mass is 10.1. The molecule has 0 spiro atoms. The van der Waals surface area contributed by atoms with Gasteiger partial charge in [0.1, 0.15) is 23.5 Å². The second-order valence-corrected chi connectivity index (χ2v) is 4.41. The molecule has 0 fully saturated rings. The summed E-state index contributed by atoms with van der Waals surface area (Å²) in [6.45, 7) is 1.91. The number of unbranched alkanes of at least 4 members (excludes halogenated alkanes) is 1. The minimum atomic E-state index is -1.14. The first-order valence-electron chi connectivity index (χ1n) is 6.48. The third-order valence-electron chi connectivity index (χ3n) is 2.82. The van der Waals surface area contributed by atoms with Gasteiger partial charge in [-0.25, -0.2) is 14.0 Å². The van der Waals surface area contributed by atoms with E-state index < -0.39 is 23.9 Å². The van der Waals surface area contributed by atoms with Crippen LogP contribution in [0.4, 0.5) is 14.9 Å². The number of urea groups is 1. The fourth-order valence-corrected chi connectivity index (χ4v) is 1.72. The number of amides is 2. The van der Waals surface area contributed by atoms with Gasteiger partial charge in [0.2, 0.25) is 0 Å². The summed E-state index contributed by atoms with van der Waals surface area (Å²) in [5.74, 6) is -1.89. The average Bonchev–Trinajstić information content (AvgIpc) is 2.43. The van der Waals surface area contributed by atoms with E-state index in [0.717, 1.165) is 12.5 Å². The van der Waals surface area contributed by atoms with E-state index >= 15 is 0 Å². The highest BCUT2D eigenvalue weighted by atomic mass is 19.1. The van der Waals surface area contributed by atoms with Gasteiger partial charge in [0.25, 0.3) is 0 Å². The maximum atomic E-state index is 13.4. The van der Waals surface area contributed by atoms with E-state index in [9.17, 15) is 14.0 Å². The SMILES string of the molecule is CCCCC(NC(=O)Nc1cccc(F)c1C#N)C(=O)O. The van der Waals surface area contributed by atoms with Crippen LogP contribution in [0.2, 0.25) is 0 Å². The van der Waals surface area contributed by atoms with Crippen molar-refractivity contribution in [1.29, 1.82) is 5.26 Å². The fraction of sp³-hybridized carbons (Fsp3) is 0.357. The predicted molar refractivity (Wildman–Crippen MR) is 74.2 cm³/mol. The number of nitrogens with zero attached hydrogens (tertiary/aromatic N) is 1. The summed E-state index contributed by atoms with van der Waals surface area (Å²) in [4.78, 5) is 22.8. The van der Waals surface area contributed by atoms with Gasteiger partial charge < -0.3 is 15.7 Å². The van der Waals surface area contributed by atoms with Crippen LogP contribution in [-0.4, -0.2) is 23.1 Å². The summed E-state index contributed by atoms with van der Waals surface area (Å²) in [6.07, 6.45) is 1.75. The van der Waals surface area contributed by atoms with Gasteiger partial charge in [-0.1, -0.05) is 25.8 Å². The first-order chi connectivity index (χ1) is 9.99. The van der Waals surface area contributed by atoms with E-state index in [1.54, 1.807) is 6.07 Å². The molecule has 21 heavy (non-hydrogen) atoms. The maximum absolute atomic E-state index is 13.4. The molecule has 0 heterocycles. The second kappa shape index (κ2) is 7.85. The number of nitriles is 1. The van der Waals surface area contributed by atoms with Gasteiger partial charge >= 0.3 is 12.0 Å². The van der Waals surface area contributed by atoms with Crippen molar-refractivity contribution in [1.82, 2.24) is 5.32 Å². The molecule has 7 heteroatoms. The molecule has 0 saturated carbocycles. The molecule has 3 N–H and O–H groups in total. The third-order valence-corrected chi connectivity index (χ3v) is 2.82. The lowest BCUT2D eigenvalue weighted by Crippen LogP contribution is -2.43. The van der Waals surface area contributed by atoms with E-state index in [1.165, 1.54) is 12.1 Å². The molecule has 0 aliphatic heterocycles. The molecule has 0 radical (unpaired) electrons. The molecule has 0 aliphatic rings. The van der Waals surface area contributed by atoms with Crippen molar-refractivity contribution in [2.75, 3.05) is 5.32 Å². The molecule has 6 nitrogen and oxygen atoms in total. The van der Waals surface area contributed by atoms with Crippen LogP contribution in [0.25, 0.3) is 0 Å². The van der Waals surface area contributed by atoms with Crippen LogP contribution >= 0.6 is 0 Å². The van der Waals surface area contributed by atoms with Crippen LogP contribution in [0.1, 0.15) is 31.7 Å². The fourth-order valence-electron chi connectivity index (χ4n) is 1.72. The van der Waals surface area contributed by atoms with Crippen LogP contribution in [0.5, 0.6) is 0 Å². The number of benzene rings is 1. The molecule has 0 saturated heterocycles. The normalized spacial score (nSPS) is 11.3. The molecular weight excluding hydrogens is 277 g/mol. The zero-order valence-corrected chi connectivity index (χ0v) is 11.5. The maximum Gasteiger partial charge on any atom is 0.326 e.